The van der Waals surface area contributed by atoms with Crippen LogP contribution in [-0.4, -0.2) is 16.7 Å². The molecule has 0 aliphatic heterocycles. The van der Waals surface area contributed by atoms with Gasteiger partial charge in [0.15, 0.2) is 0 Å². The smallest absolute Gasteiger partial charge is 0.271 e. The molecule has 0 saturated heterocycles. The van der Waals surface area contributed by atoms with Crippen molar-refractivity contribution >= 4 is 12.1 Å². The van der Waals surface area contributed by atoms with Gasteiger partial charge in [0.2, 0.25) is 0 Å². The largest absolute Gasteiger partial charge is 0.489 e. The van der Waals surface area contributed by atoms with E-state index in [4.69, 9.17) is 4.74 Å². The van der Waals surface area contributed by atoms with E-state index < -0.39 is 0 Å². The van der Waals surface area contributed by atoms with Gasteiger partial charge in [-0.05, 0) is 66.6 Å². The van der Waals surface area contributed by atoms with E-state index >= 15 is 0 Å². The Morgan fingerprint density at radius 1 is 0.968 bits per heavy atom. The zero-order chi connectivity index (χ0) is 21.5. The van der Waals surface area contributed by atoms with Gasteiger partial charge in [-0.3, -0.25) is 4.79 Å². The van der Waals surface area contributed by atoms with Crippen molar-refractivity contribution in [3.05, 3.63) is 120 Å². The summed E-state index contributed by atoms with van der Waals surface area (Å²) < 4.78 is 7.84. The molecule has 0 spiro atoms. The maximum absolute atomic E-state index is 12.3. The average molecular weight is 409 g/mol. The van der Waals surface area contributed by atoms with E-state index in [0.717, 1.165) is 22.6 Å². The summed E-state index contributed by atoms with van der Waals surface area (Å²) in [5, 5.41) is 4.07. The van der Waals surface area contributed by atoms with Gasteiger partial charge in [0.25, 0.3) is 5.91 Å². The molecule has 5 nitrogen and oxygen atoms in total. The lowest BCUT2D eigenvalue weighted by atomic mass is 10.2. The van der Waals surface area contributed by atoms with Crippen LogP contribution in [0.1, 0.15) is 27.0 Å². The zero-order valence-corrected chi connectivity index (χ0v) is 17.2. The number of amides is 1. The van der Waals surface area contributed by atoms with Gasteiger partial charge in [-0.2, -0.15) is 5.10 Å². The summed E-state index contributed by atoms with van der Waals surface area (Å²) in [5.41, 5.74) is 7.28. The van der Waals surface area contributed by atoms with Gasteiger partial charge in [0, 0.05) is 23.6 Å². The first-order valence-corrected chi connectivity index (χ1v) is 10.0. The summed E-state index contributed by atoms with van der Waals surface area (Å²) in [6.45, 7) is 2.56. The summed E-state index contributed by atoms with van der Waals surface area (Å²) in [7, 11) is 0. The number of aromatic nitrogens is 1. The first kappa shape index (κ1) is 20.2. The fourth-order valence-corrected chi connectivity index (χ4v) is 3.06. The summed E-state index contributed by atoms with van der Waals surface area (Å²) in [6.07, 6.45) is 5.51. The predicted molar refractivity (Wildman–Crippen MR) is 123 cm³/mol. The standard InChI is InChI=1S/C26H23N3O2/c1-20-7-9-21(10-8-20)19-31-25-6-4-5-22(17-25)18-27-28-26(30)23-11-13-24(14-12-23)29-15-2-3-16-29/h2-18H,19H2,1H3,(H,28,30). The number of nitrogens with zero attached hydrogens (tertiary/aromatic N) is 2. The third-order valence-corrected chi connectivity index (χ3v) is 4.80. The maximum Gasteiger partial charge on any atom is 0.271 e. The number of carbonyl (C=O) groups is 1. The fourth-order valence-electron chi connectivity index (χ4n) is 3.06. The molecule has 0 saturated carbocycles. The number of nitrogens with one attached hydrogen (secondary N) is 1. The Morgan fingerprint density at radius 3 is 2.45 bits per heavy atom. The lowest BCUT2D eigenvalue weighted by Gasteiger charge is -2.07. The van der Waals surface area contributed by atoms with Gasteiger partial charge in [0.1, 0.15) is 12.4 Å². The van der Waals surface area contributed by atoms with E-state index in [1.54, 1.807) is 18.3 Å². The monoisotopic (exact) mass is 409 g/mol. The Hall–Kier alpha value is -4.12. The van der Waals surface area contributed by atoms with E-state index in [-0.39, 0.29) is 5.91 Å². The van der Waals surface area contributed by atoms with Crippen LogP contribution in [0.2, 0.25) is 0 Å². The van der Waals surface area contributed by atoms with E-state index in [0.29, 0.717) is 12.2 Å². The van der Waals surface area contributed by atoms with Crippen molar-refractivity contribution in [3.63, 3.8) is 0 Å². The van der Waals surface area contributed by atoms with Crippen molar-refractivity contribution in [2.45, 2.75) is 13.5 Å². The molecule has 1 amide bonds. The number of ether oxygens (including phenoxy) is 1. The quantitative estimate of drug-likeness (QED) is 0.340. The van der Waals surface area contributed by atoms with Crippen molar-refractivity contribution in [2.24, 2.45) is 5.10 Å². The van der Waals surface area contributed by atoms with Crippen molar-refractivity contribution in [2.75, 3.05) is 0 Å². The molecule has 0 fully saturated rings. The minimum absolute atomic E-state index is 0.262. The second kappa shape index (κ2) is 9.59. The number of aryl methyl sites for hydroxylation is 1. The molecule has 0 aliphatic carbocycles. The van der Waals surface area contributed by atoms with Gasteiger partial charge in [-0.25, -0.2) is 5.43 Å². The van der Waals surface area contributed by atoms with Crippen LogP contribution in [-0.2, 0) is 6.61 Å². The summed E-state index contributed by atoms with van der Waals surface area (Å²) in [4.78, 5) is 12.3. The molecule has 1 heterocycles. The average Bonchev–Trinajstić information content (AvgIpc) is 3.34. The van der Waals surface area contributed by atoms with Gasteiger partial charge in [0.05, 0.1) is 6.21 Å². The van der Waals surface area contributed by atoms with Crippen LogP contribution in [0.4, 0.5) is 0 Å². The number of hydrazone groups is 1. The maximum atomic E-state index is 12.3. The highest BCUT2D eigenvalue weighted by Crippen LogP contribution is 2.15. The predicted octanol–water partition coefficient (Wildman–Crippen LogP) is 5.13. The third-order valence-electron chi connectivity index (χ3n) is 4.80. The molecule has 154 valence electrons. The topological polar surface area (TPSA) is 55.6 Å². The van der Waals surface area contributed by atoms with Crippen LogP contribution in [0.25, 0.3) is 5.69 Å². The Balaban J connectivity index is 1.32. The van der Waals surface area contributed by atoms with Crippen molar-refractivity contribution in [1.29, 1.82) is 0 Å². The molecule has 4 rings (SSSR count). The molecule has 1 N–H and O–H groups in total. The van der Waals surface area contributed by atoms with Crippen molar-refractivity contribution in [3.8, 4) is 11.4 Å². The number of hydrogen-bond acceptors (Lipinski definition) is 3. The molecule has 5 heteroatoms. The molecule has 3 aromatic carbocycles. The van der Waals surface area contributed by atoms with Gasteiger partial charge < -0.3 is 9.30 Å². The first-order chi connectivity index (χ1) is 15.2. The SMILES string of the molecule is Cc1ccc(COc2cccc(C=NNC(=O)c3ccc(-n4cccc4)cc3)c2)cc1. The highest BCUT2D eigenvalue weighted by molar-refractivity contribution is 5.95. The van der Waals surface area contributed by atoms with Crippen LogP contribution in [0.15, 0.2) is 102 Å². The van der Waals surface area contributed by atoms with Gasteiger partial charge in [-0.15, -0.1) is 0 Å². The third kappa shape index (κ3) is 5.48. The molecule has 0 atom stereocenters. The van der Waals surface area contributed by atoms with Crippen LogP contribution < -0.4 is 10.2 Å². The summed E-state index contributed by atoms with van der Waals surface area (Å²) in [6, 6.07) is 27.1. The minimum Gasteiger partial charge on any atom is -0.489 e. The highest BCUT2D eigenvalue weighted by Gasteiger charge is 2.04. The Bertz CT molecular complexity index is 1160. The molecule has 0 radical (unpaired) electrons. The lowest BCUT2D eigenvalue weighted by Crippen LogP contribution is -2.17. The number of rotatable bonds is 7. The number of hydrogen-bond donors (Lipinski definition) is 1. The van der Waals surface area contributed by atoms with Crippen molar-refractivity contribution in [1.82, 2.24) is 9.99 Å². The fraction of sp³-hybridized carbons (Fsp3) is 0.0769. The van der Waals surface area contributed by atoms with E-state index in [9.17, 15) is 4.79 Å². The second-order valence-electron chi connectivity index (χ2n) is 7.18. The highest BCUT2D eigenvalue weighted by atomic mass is 16.5. The molecule has 1 aromatic heterocycles. The molecule has 0 bridgehead atoms. The summed E-state index contributed by atoms with van der Waals surface area (Å²) in [5.74, 6) is 0.485. The lowest BCUT2D eigenvalue weighted by molar-refractivity contribution is 0.0955. The van der Waals surface area contributed by atoms with Crippen LogP contribution in [0.5, 0.6) is 5.75 Å². The van der Waals surface area contributed by atoms with E-state index in [1.807, 2.05) is 65.5 Å². The normalized spacial score (nSPS) is 10.9. The molecular formula is C26H23N3O2. The molecular weight excluding hydrogens is 386 g/mol. The summed E-state index contributed by atoms with van der Waals surface area (Å²) >= 11 is 0. The van der Waals surface area contributed by atoms with E-state index in [1.165, 1.54) is 5.56 Å². The molecule has 4 aromatic rings. The Morgan fingerprint density at radius 2 is 1.71 bits per heavy atom. The van der Waals surface area contributed by atoms with Crippen molar-refractivity contribution < 1.29 is 9.53 Å². The van der Waals surface area contributed by atoms with Crippen LogP contribution in [0.3, 0.4) is 0 Å². The minimum atomic E-state index is -0.262. The van der Waals surface area contributed by atoms with Gasteiger partial charge >= 0.3 is 0 Å². The zero-order valence-electron chi connectivity index (χ0n) is 17.2. The first-order valence-electron chi connectivity index (χ1n) is 10.0. The Kier molecular flexibility index (Phi) is 6.24. The van der Waals surface area contributed by atoms with Crippen LogP contribution >= 0.6 is 0 Å². The molecule has 0 aliphatic rings. The number of benzene rings is 3. The second-order valence-corrected chi connectivity index (χ2v) is 7.18. The molecule has 0 unspecified atom stereocenters. The van der Waals surface area contributed by atoms with E-state index in [2.05, 4.69) is 41.7 Å². The number of carbonyl (C=O) groups excluding carboxylic acids is 1. The van der Waals surface area contributed by atoms with Gasteiger partial charge in [-0.1, -0.05) is 42.0 Å². The molecule has 31 heavy (non-hydrogen) atoms. The Labute approximate surface area is 181 Å². The van der Waals surface area contributed by atoms with Crippen LogP contribution in [0, 0.1) is 6.92 Å².